The predicted octanol–water partition coefficient (Wildman–Crippen LogP) is 3.18. The molecule has 0 spiro atoms. The monoisotopic (exact) mass is 311 g/mol. The Bertz CT molecular complexity index is 410. The lowest BCUT2D eigenvalue weighted by atomic mass is 10.0. The number of aliphatic carboxylic acids is 2. The first kappa shape index (κ1) is 20.4. The second kappa shape index (κ2) is 11.0. The Morgan fingerprint density at radius 3 is 2.05 bits per heavy atom. The molecule has 0 aromatic rings. The van der Waals surface area contributed by atoms with E-state index in [1.54, 1.807) is 6.08 Å². The van der Waals surface area contributed by atoms with E-state index in [1.165, 1.54) is 5.57 Å². The zero-order valence-corrected chi connectivity index (χ0v) is 14.1. The lowest BCUT2D eigenvalue weighted by Crippen LogP contribution is -2.22. The molecule has 0 bridgehead atoms. The van der Waals surface area contributed by atoms with Gasteiger partial charge in [-0.1, -0.05) is 23.3 Å². The largest absolute Gasteiger partial charge is 0.481 e. The molecule has 0 unspecified atom stereocenters. The van der Waals surface area contributed by atoms with Crippen LogP contribution in [-0.4, -0.2) is 47.7 Å². The molecule has 22 heavy (non-hydrogen) atoms. The van der Waals surface area contributed by atoms with Crippen LogP contribution in [0.1, 0.15) is 46.0 Å². The summed E-state index contributed by atoms with van der Waals surface area (Å²) in [5, 5.41) is 17.6. The molecule has 126 valence electrons. The standard InChI is InChI=1S/C17H29NO4/c1-13(9-6-12-18(3)4)7-5-8-14(2)10-11-15(16(19)20)17(21)22/h7,10,15H,5-6,8-9,11-12H2,1-4H3,(H,19,20)(H,21,22). The highest BCUT2D eigenvalue weighted by atomic mass is 16.4. The second-order valence-electron chi connectivity index (χ2n) is 6.01. The molecule has 0 radical (unpaired) electrons. The van der Waals surface area contributed by atoms with Crippen molar-refractivity contribution in [3.63, 3.8) is 0 Å². The number of hydrogen-bond acceptors (Lipinski definition) is 3. The van der Waals surface area contributed by atoms with Crippen molar-refractivity contribution in [2.45, 2.75) is 46.0 Å². The van der Waals surface area contributed by atoms with E-state index in [9.17, 15) is 9.59 Å². The average Bonchev–Trinajstić information content (AvgIpc) is 2.37. The highest BCUT2D eigenvalue weighted by Crippen LogP contribution is 2.13. The third-order valence-corrected chi connectivity index (χ3v) is 3.51. The molecule has 0 saturated heterocycles. The van der Waals surface area contributed by atoms with E-state index in [0.717, 1.165) is 37.8 Å². The van der Waals surface area contributed by atoms with Crippen molar-refractivity contribution in [3.8, 4) is 0 Å². The topological polar surface area (TPSA) is 77.8 Å². The highest BCUT2D eigenvalue weighted by Gasteiger charge is 2.23. The van der Waals surface area contributed by atoms with Gasteiger partial charge in [0.25, 0.3) is 0 Å². The van der Waals surface area contributed by atoms with E-state index < -0.39 is 17.9 Å². The van der Waals surface area contributed by atoms with Crippen LogP contribution in [0.3, 0.4) is 0 Å². The Labute approximate surface area is 133 Å². The zero-order valence-electron chi connectivity index (χ0n) is 14.1. The van der Waals surface area contributed by atoms with Gasteiger partial charge in [0.2, 0.25) is 0 Å². The lowest BCUT2D eigenvalue weighted by molar-refractivity contribution is -0.154. The minimum atomic E-state index is -1.35. The number of nitrogens with zero attached hydrogens (tertiary/aromatic N) is 1. The number of carboxylic acid groups (broad SMARTS) is 2. The maximum absolute atomic E-state index is 10.8. The second-order valence-corrected chi connectivity index (χ2v) is 6.01. The van der Waals surface area contributed by atoms with Gasteiger partial charge in [-0.05, 0) is 66.6 Å². The Morgan fingerprint density at radius 2 is 1.55 bits per heavy atom. The summed E-state index contributed by atoms with van der Waals surface area (Å²) in [4.78, 5) is 23.7. The van der Waals surface area contributed by atoms with Crippen molar-refractivity contribution >= 4 is 11.9 Å². The van der Waals surface area contributed by atoms with Crippen LogP contribution in [-0.2, 0) is 9.59 Å². The first-order valence-corrected chi connectivity index (χ1v) is 7.65. The van der Waals surface area contributed by atoms with Crippen LogP contribution in [0.2, 0.25) is 0 Å². The molecule has 0 aromatic carbocycles. The van der Waals surface area contributed by atoms with Gasteiger partial charge in [0.1, 0.15) is 0 Å². The van der Waals surface area contributed by atoms with Crippen LogP contribution in [0.4, 0.5) is 0 Å². The van der Waals surface area contributed by atoms with Gasteiger partial charge >= 0.3 is 11.9 Å². The summed E-state index contributed by atoms with van der Waals surface area (Å²) < 4.78 is 0. The van der Waals surface area contributed by atoms with E-state index >= 15 is 0 Å². The van der Waals surface area contributed by atoms with Gasteiger partial charge in [0.15, 0.2) is 5.92 Å². The SMILES string of the molecule is CC(=CCC(C(=O)O)C(=O)O)CCC=C(C)CCCN(C)C. The van der Waals surface area contributed by atoms with Crippen LogP contribution >= 0.6 is 0 Å². The molecule has 5 heteroatoms. The zero-order chi connectivity index (χ0) is 17.1. The summed E-state index contributed by atoms with van der Waals surface area (Å²) in [7, 11) is 4.13. The van der Waals surface area contributed by atoms with E-state index in [-0.39, 0.29) is 6.42 Å². The molecule has 2 N–H and O–H groups in total. The summed E-state index contributed by atoms with van der Waals surface area (Å²) in [5.41, 5.74) is 2.40. The average molecular weight is 311 g/mol. The number of carbonyl (C=O) groups is 2. The summed E-state index contributed by atoms with van der Waals surface area (Å²) in [6.07, 6.45) is 7.94. The van der Waals surface area contributed by atoms with E-state index in [2.05, 4.69) is 32.0 Å². The lowest BCUT2D eigenvalue weighted by Gasteiger charge is -2.09. The molecule has 0 aliphatic rings. The highest BCUT2D eigenvalue weighted by molar-refractivity contribution is 5.93. The third kappa shape index (κ3) is 10.2. The summed E-state index contributed by atoms with van der Waals surface area (Å²) >= 11 is 0. The van der Waals surface area contributed by atoms with Gasteiger partial charge in [0.05, 0.1) is 0 Å². The number of allylic oxidation sites excluding steroid dienone is 4. The van der Waals surface area contributed by atoms with E-state index in [1.807, 2.05) is 6.92 Å². The van der Waals surface area contributed by atoms with Crippen LogP contribution < -0.4 is 0 Å². The smallest absolute Gasteiger partial charge is 0.318 e. The Balaban J connectivity index is 4.15. The Hall–Kier alpha value is -1.62. The first-order chi connectivity index (χ1) is 10.2. The van der Waals surface area contributed by atoms with E-state index in [4.69, 9.17) is 10.2 Å². The third-order valence-electron chi connectivity index (χ3n) is 3.51. The van der Waals surface area contributed by atoms with Gasteiger partial charge < -0.3 is 15.1 Å². The van der Waals surface area contributed by atoms with E-state index in [0.29, 0.717) is 0 Å². The fourth-order valence-electron chi connectivity index (χ4n) is 2.05. The van der Waals surface area contributed by atoms with Crippen molar-refractivity contribution in [1.29, 1.82) is 0 Å². The molecular weight excluding hydrogens is 282 g/mol. The molecule has 0 atom stereocenters. The number of carboxylic acids is 2. The van der Waals surface area contributed by atoms with Gasteiger partial charge in [-0.2, -0.15) is 0 Å². The van der Waals surface area contributed by atoms with Crippen molar-refractivity contribution in [2.24, 2.45) is 5.92 Å². The van der Waals surface area contributed by atoms with Gasteiger partial charge in [-0.25, -0.2) is 0 Å². The normalized spacial score (nSPS) is 13.0. The molecule has 0 aliphatic carbocycles. The predicted molar refractivity (Wildman–Crippen MR) is 87.9 cm³/mol. The molecule has 0 saturated carbocycles. The minimum Gasteiger partial charge on any atom is -0.481 e. The maximum atomic E-state index is 10.8. The van der Waals surface area contributed by atoms with Crippen LogP contribution in [0, 0.1) is 5.92 Å². The van der Waals surface area contributed by atoms with Crippen LogP contribution in [0.5, 0.6) is 0 Å². The molecular formula is C17H29NO4. The fraction of sp³-hybridized carbons (Fsp3) is 0.647. The molecule has 0 heterocycles. The number of rotatable bonds is 11. The first-order valence-electron chi connectivity index (χ1n) is 7.65. The maximum Gasteiger partial charge on any atom is 0.318 e. The summed E-state index contributed by atoms with van der Waals surface area (Å²) in [6.45, 7) is 5.12. The van der Waals surface area contributed by atoms with Crippen molar-refractivity contribution in [2.75, 3.05) is 20.6 Å². The quantitative estimate of drug-likeness (QED) is 0.452. The van der Waals surface area contributed by atoms with Crippen molar-refractivity contribution < 1.29 is 19.8 Å². The van der Waals surface area contributed by atoms with Gasteiger partial charge in [-0.15, -0.1) is 0 Å². The number of hydrogen-bond donors (Lipinski definition) is 2. The Kier molecular flexibility index (Phi) is 10.2. The Morgan fingerprint density at radius 1 is 1.00 bits per heavy atom. The van der Waals surface area contributed by atoms with Crippen molar-refractivity contribution in [1.82, 2.24) is 4.90 Å². The molecule has 0 rings (SSSR count). The van der Waals surface area contributed by atoms with Crippen LogP contribution in [0.15, 0.2) is 23.3 Å². The minimum absolute atomic E-state index is 0.0437. The molecule has 0 aliphatic heterocycles. The molecule has 0 aromatic heterocycles. The van der Waals surface area contributed by atoms with Gasteiger partial charge in [-0.3, -0.25) is 9.59 Å². The molecule has 5 nitrogen and oxygen atoms in total. The molecule has 0 amide bonds. The van der Waals surface area contributed by atoms with Crippen molar-refractivity contribution in [3.05, 3.63) is 23.3 Å². The van der Waals surface area contributed by atoms with Gasteiger partial charge in [0, 0.05) is 0 Å². The summed E-state index contributed by atoms with van der Waals surface area (Å²) in [6, 6.07) is 0. The summed E-state index contributed by atoms with van der Waals surface area (Å²) in [5.74, 6) is -3.92. The fourth-order valence-corrected chi connectivity index (χ4v) is 2.05. The molecule has 0 fully saturated rings. The van der Waals surface area contributed by atoms with Crippen LogP contribution in [0.25, 0.3) is 0 Å².